The number of hydrogen-bond donors (Lipinski definition) is 0. The number of methoxy groups -OCH3 is 1. The number of nitriles is 1. The summed E-state index contributed by atoms with van der Waals surface area (Å²) in [7, 11) is 1.30. The van der Waals surface area contributed by atoms with Gasteiger partial charge in [0.2, 0.25) is 0 Å². The molecule has 0 saturated carbocycles. The molecule has 17 heavy (non-hydrogen) atoms. The SMILES string of the molecule is COc1cc(C=CCC#N)cc(C(F)(F)F)c1. The van der Waals surface area contributed by atoms with Crippen LogP contribution in [0.3, 0.4) is 0 Å². The number of allylic oxidation sites excluding steroid dienone is 1. The first-order chi connectivity index (χ1) is 7.97. The van der Waals surface area contributed by atoms with Crippen molar-refractivity contribution in [3.63, 3.8) is 0 Å². The van der Waals surface area contributed by atoms with E-state index in [0.29, 0.717) is 5.56 Å². The van der Waals surface area contributed by atoms with Crippen LogP contribution in [0.1, 0.15) is 17.5 Å². The molecule has 0 heterocycles. The number of hydrogen-bond acceptors (Lipinski definition) is 2. The fourth-order valence-electron chi connectivity index (χ4n) is 1.25. The van der Waals surface area contributed by atoms with Crippen molar-refractivity contribution in [1.82, 2.24) is 0 Å². The largest absolute Gasteiger partial charge is 0.497 e. The van der Waals surface area contributed by atoms with Gasteiger partial charge in [-0.2, -0.15) is 18.4 Å². The number of rotatable bonds is 3. The van der Waals surface area contributed by atoms with Crippen molar-refractivity contribution in [3.8, 4) is 11.8 Å². The highest BCUT2D eigenvalue weighted by molar-refractivity contribution is 5.54. The lowest BCUT2D eigenvalue weighted by Crippen LogP contribution is -2.05. The summed E-state index contributed by atoms with van der Waals surface area (Å²) in [4.78, 5) is 0. The maximum atomic E-state index is 12.5. The molecule has 0 aliphatic heterocycles. The van der Waals surface area contributed by atoms with Crippen LogP contribution in [-0.2, 0) is 6.18 Å². The molecule has 5 heteroatoms. The summed E-state index contributed by atoms with van der Waals surface area (Å²) >= 11 is 0. The molecule has 0 unspecified atom stereocenters. The van der Waals surface area contributed by atoms with Gasteiger partial charge in [-0.05, 0) is 23.8 Å². The molecule has 0 amide bonds. The molecule has 0 aliphatic carbocycles. The van der Waals surface area contributed by atoms with E-state index in [9.17, 15) is 13.2 Å². The number of nitrogens with zero attached hydrogens (tertiary/aromatic N) is 1. The zero-order valence-electron chi connectivity index (χ0n) is 9.08. The van der Waals surface area contributed by atoms with Crippen molar-refractivity contribution in [2.75, 3.05) is 7.11 Å². The molecular formula is C12H10F3NO. The zero-order chi connectivity index (χ0) is 12.9. The number of alkyl halides is 3. The van der Waals surface area contributed by atoms with Gasteiger partial charge in [-0.1, -0.05) is 12.2 Å². The molecule has 0 fully saturated rings. The van der Waals surface area contributed by atoms with Gasteiger partial charge in [0.05, 0.1) is 25.2 Å². The molecule has 2 nitrogen and oxygen atoms in total. The Morgan fingerprint density at radius 1 is 1.35 bits per heavy atom. The van der Waals surface area contributed by atoms with E-state index in [1.807, 2.05) is 6.07 Å². The average molecular weight is 241 g/mol. The lowest BCUT2D eigenvalue weighted by molar-refractivity contribution is -0.137. The quantitative estimate of drug-likeness (QED) is 0.809. The summed E-state index contributed by atoms with van der Waals surface area (Å²) in [5.41, 5.74) is -0.416. The van der Waals surface area contributed by atoms with Gasteiger partial charge in [0.25, 0.3) is 0 Å². The van der Waals surface area contributed by atoms with Gasteiger partial charge < -0.3 is 4.74 Å². The summed E-state index contributed by atoms with van der Waals surface area (Å²) in [6, 6.07) is 5.29. The van der Waals surface area contributed by atoms with Gasteiger partial charge in [-0.3, -0.25) is 0 Å². The Balaban J connectivity index is 3.11. The zero-order valence-corrected chi connectivity index (χ0v) is 9.08. The van der Waals surface area contributed by atoms with E-state index in [2.05, 4.69) is 0 Å². The summed E-state index contributed by atoms with van der Waals surface area (Å²) in [5.74, 6) is 0.136. The highest BCUT2D eigenvalue weighted by atomic mass is 19.4. The first kappa shape index (κ1) is 13.1. The molecule has 1 aromatic rings. The lowest BCUT2D eigenvalue weighted by atomic mass is 10.1. The van der Waals surface area contributed by atoms with Crippen LogP contribution in [0, 0.1) is 11.3 Å². The molecule has 0 spiro atoms. The molecule has 0 atom stereocenters. The molecule has 1 rings (SSSR count). The Bertz CT molecular complexity index is 458. The number of halogens is 3. The summed E-state index contributed by atoms with van der Waals surface area (Å²) in [5, 5.41) is 8.32. The van der Waals surface area contributed by atoms with E-state index in [0.717, 1.165) is 12.1 Å². The molecule has 0 radical (unpaired) electrons. The molecule has 0 bridgehead atoms. The average Bonchev–Trinajstić information content (AvgIpc) is 2.28. The minimum Gasteiger partial charge on any atom is -0.497 e. The van der Waals surface area contributed by atoms with Crippen LogP contribution >= 0.6 is 0 Å². The third-order valence-electron chi connectivity index (χ3n) is 2.01. The maximum Gasteiger partial charge on any atom is 0.416 e. The van der Waals surface area contributed by atoms with Gasteiger partial charge in [-0.15, -0.1) is 0 Å². The second-order valence-electron chi connectivity index (χ2n) is 3.26. The van der Waals surface area contributed by atoms with E-state index < -0.39 is 11.7 Å². The topological polar surface area (TPSA) is 33.0 Å². The smallest absolute Gasteiger partial charge is 0.416 e. The van der Waals surface area contributed by atoms with E-state index in [-0.39, 0.29) is 12.2 Å². The Morgan fingerprint density at radius 2 is 2.06 bits per heavy atom. The van der Waals surface area contributed by atoms with Crippen LogP contribution in [0.2, 0.25) is 0 Å². The van der Waals surface area contributed by atoms with Crippen LogP contribution in [0.25, 0.3) is 6.08 Å². The summed E-state index contributed by atoms with van der Waals surface area (Å²) in [6.45, 7) is 0. The highest BCUT2D eigenvalue weighted by Crippen LogP contribution is 2.32. The standard InChI is InChI=1S/C12H10F3NO/c1-17-11-7-9(4-2-3-5-16)6-10(8-11)12(13,14)15/h2,4,6-8H,3H2,1H3. The Kier molecular flexibility index (Phi) is 4.16. The van der Waals surface area contributed by atoms with E-state index >= 15 is 0 Å². The molecule has 90 valence electrons. The van der Waals surface area contributed by atoms with Crippen molar-refractivity contribution in [3.05, 3.63) is 35.4 Å². The van der Waals surface area contributed by atoms with Gasteiger partial charge in [-0.25, -0.2) is 0 Å². The van der Waals surface area contributed by atoms with Crippen molar-refractivity contribution < 1.29 is 17.9 Å². The van der Waals surface area contributed by atoms with E-state index in [1.165, 1.54) is 25.3 Å². The molecule has 1 aromatic carbocycles. The van der Waals surface area contributed by atoms with Gasteiger partial charge in [0, 0.05) is 0 Å². The van der Waals surface area contributed by atoms with Gasteiger partial charge in [0.1, 0.15) is 5.75 Å². The minimum absolute atomic E-state index is 0.136. The van der Waals surface area contributed by atoms with Crippen LogP contribution in [0.15, 0.2) is 24.3 Å². The van der Waals surface area contributed by atoms with Gasteiger partial charge >= 0.3 is 6.18 Å². The first-order valence-corrected chi connectivity index (χ1v) is 4.77. The third kappa shape index (κ3) is 3.83. The summed E-state index contributed by atoms with van der Waals surface area (Å²) < 4.78 is 42.4. The van der Waals surface area contributed by atoms with Crippen LogP contribution < -0.4 is 4.74 Å². The van der Waals surface area contributed by atoms with Gasteiger partial charge in [0.15, 0.2) is 0 Å². The lowest BCUT2D eigenvalue weighted by Gasteiger charge is -2.09. The monoisotopic (exact) mass is 241 g/mol. The molecule has 0 aliphatic rings. The normalized spacial score (nSPS) is 11.5. The highest BCUT2D eigenvalue weighted by Gasteiger charge is 2.31. The fraction of sp³-hybridized carbons (Fsp3) is 0.250. The predicted molar refractivity (Wildman–Crippen MR) is 57.3 cm³/mol. The third-order valence-corrected chi connectivity index (χ3v) is 2.01. The minimum atomic E-state index is -4.41. The van der Waals surface area contributed by atoms with E-state index in [1.54, 1.807) is 0 Å². The van der Waals surface area contributed by atoms with Crippen molar-refractivity contribution in [2.24, 2.45) is 0 Å². The molecule has 0 saturated heterocycles. The van der Waals surface area contributed by atoms with Crippen LogP contribution in [0.4, 0.5) is 13.2 Å². The first-order valence-electron chi connectivity index (χ1n) is 4.77. The Hall–Kier alpha value is -1.96. The van der Waals surface area contributed by atoms with E-state index in [4.69, 9.17) is 10.00 Å². The van der Waals surface area contributed by atoms with Crippen molar-refractivity contribution in [1.29, 1.82) is 5.26 Å². The summed E-state index contributed by atoms with van der Waals surface area (Å²) in [6.07, 6.45) is -1.30. The predicted octanol–water partition coefficient (Wildman–Crippen LogP) is 3.64. The fourth-order valence-corrected chi connectivity index (χ4v) is 1.25. The molecular weight excluding hydrogens is 231 g/mol. The second kappa shape index (κ2) is 5.39. The van der Waals surface area contributed by atoms with Crippen molar-refractivity contribution in [2.45, 2.75) is 12.6 Å². The molecule has 0 aromatic heterocycles. The van der Waals surface area contributed by atoms with Crippen molar-refractivity contribution >= 4 is 6.08 Å². The Morgan fingerprint density at radius 3 is 2.59 bits per heavy atom. The number of benzene rings is 1. The second-order valence-corrected chi connectivity index (χ2v) is 3.26. The molecule has 0 N–H and O–H groups in total. The van der Waals surface area contributed by atoms with Crippen LogP contribution in [-0.4, -0.2) is 7.11 Å². The maximum absolute atomic E-state index is 12.5. The number of ether oxygens (including phenoxy) is 1. The van der Waals surface area contributed by atoms with Crippen LogP contribution in [0.5, 0.6) is 5.75 Å². The Labute approximate surface area is 96.9 Å².